The number of benzene rings is 1. The summed E-state index contributed by atoms with van der Waals surface area (Å²) in [6.07, 6.45) is 0.550. The fraction of sp³-hybridized carbons (Fsp3) is 0.231. The van der Waals surface area contributed by atoms with E-state index in [1.54, 1.807) is 24.3 Å². The first-order valence-electron chi connectivity index (χ1n) is 6.13. The molecule has 8 heteroatoms. The van der Waals surface area contributed by atoms with Crippen molar-refractivity contribution in [2.45, 2.75) is 13.3 Å². The molecule has 6 nitrogen and oxygen atoms in total. The average Bonchev–Trinajstić information content (AvgIpc) is 2.92. The second-order valence-electron chi connectivity index (χ2n) is 4.17. The first kappa shape index (κ1) is 15.4. The molecule has 1 heterocycles. The van der Waals surface area contributed by atoms with Crippen LogP contribution >= 0.6 is 23.1 Å². The minimum absolute atomic E-state index is 0.346. The zero-order valence-corrected chi connectivity index (χ0v) is 12.7. The summed E-state index contributed by atoms with van der Waals surface area (Å²) in [6.45, 7) is 1.40. The summed E-state index contributed by atoms with van der Waals surface area (Å²) in [4.78, 5) is 25.1. The van der Waals surface area contributed by atoms with Crippen LogP contribution in [0, 0.1) is 0 Å². The molecule has 1 amide bonds. The minimum Gasteiger partial charge on any atom is -0.480 e. The molecule has 1 aromatic carbocycles. The van der Waals surface area contributed by atoms with E-state index in [9.17, 15) is 9.59 Å². The van der Waals surface area contributed by atoms with Crippen LogP contribution in [0.2, 0.25) is 5.02 Å². The molecule has 0 aliphatic rings. The molecular weight excluding hydrogens is 314 g/mol. The number of aryl methyl sites for hydroxylation is 1. The van der Waals surface area contributed by atoms with E-state index in [-0.39, 0.29) is 0 Å². The molecule has 110 valence electrons. The van der Waals surface area contributed by atoms with Gasteiger partial charge in [0.2, 0.25) is 0 Å². The molecule has 0 unspecified atom stereocenters. The third kappa shape index (κ3) is 3.56. The smallest absolute Gasteiger partial charge is 0.323 e. The van der Waals surface area contributed by atoms with Gasteiger partial charge < -0.3 is 5.11 Å². The number of carbonyl (C=O) groups is 2. The van der Waals surface area contributed by atoms with Crippen LogP contribution in [0.25, 0.3) is 0 Å². The van der Waals surface area contributed by atoms with Crippen molar-refractivity contribution in [2.24, 2.45) is 0 Å². The molecule has 21 heavy (non-hydrogen) atoms. The fourth-order valence-corrected chi connectivity index (χ4v) is 2.67. The van der Waals surface area contributed by atoms with Crippen LogP contribution in [0.5, 0.6) is 0 Å². The summed E-state index contributed by atoms with van der Waals surface area (Å²) in [5.41, 5.74) is 0.979. The zero-order chi connectivity index (χ0) is 15.4. The van der Waals surface area contributed by atoms with Crippen molar-refractivity contribution >= 4 is 40.7 Å². The molecule has 0 saturated heterocycles. The van der Waals surface area contributed by atoms with Gasteiger partial charge in [-0.2, -0.15) is 0 Å². The summed E-state index contributed by atoms with van der Waals surface area (Å²) >= 11 is 6.86. The van der Waals surface area contributed by atoms with Crippen LogP contribution in [0.3, 0.4) is 0 Å². The van der Waals surface area contributed by atoms with Gasteiger partial charge in [0.15, 0.2) is 0 Å². The van der Waals surface area contributed by atoms with Gasteiger partial charge in [-0.1, -0.05) is 29.1 Å². The van der Waals surface area contributed by atoms with Gasteiger partial charge in [0.05, 0.1) is 5.69 Å². The largest absolute Gasteiger partial charge is 0.480 e. The van der Waals surface area contributed by atoms with Crippen molar-refractivity contribution in [3.63, 3.8) is 0 Å². The number of carboxylic acids is 1. The SMILES string of the molecule is CCc1nnsc1C(=O)N(CC(=O)O)c1cccc(Cl)c1. The van der Waals surface area contributed by atoms with Crippen LogP contribution in [0.1, 0.15) is 22.3 Å². The molecule has 0 bridgehead atoms. The number of amides is 1. The van der Waals surface area contributed by atoms with E-state index < -0.39 is 18.4 Å². The normalized spacial score (nSPS) is 10.4. The van der Waals surface area contributed by atoms with Gasteiger partial charge in [0.1, 0.15) is 11.4 Å². The predicted octanol–water partition coefficient (Wildman–Crippen LogP) is 2.49. The molecule has 2 rings (SSSR count). The number of nitrogens with zero attached hydrogens (tertiary/aromatic N) is 3. The Morgan fingerprint density at radius 3 is 2.81 bits per heavy atom. The number of aliphatic carboxylic acids is 1. The highest BCUT2D eigenvalue weighted by molar-refractivity contribution is 7.08. The van der Waals surface area contributed by atoms with Gasteiger partial charge in [-0.25, -0.2) is 0 Å². The number of hydrogen-bond donors (Lipinski definition) is 1. The van der Waals surface area contributed by atoms with Crippen molar-refractivity contribution in [3.8, 4) is 0 Å². The topological polar surface area (TPSA) is 83.4 Å². The van der Waals surface area contributed by atoms with Crippen LogP contribution in [0.15, 0.2) is 24.3 Å². The third-order valence-electron chi connectivity index (χ3n) is 2.74. The lowest BCUT2D eigenvalue weighted by Crippen LogP contribution is -2.35. The summed E-state index contributed by atoms with van der Waals surface area (Å²) in [5.74, 6) is -1.55. The maximum atomic E-state index is 12.6. The predicted molar refractivity (Wildman–Crippen MR) is 80.1 cm³/mol. The van der Waals surface area contributed by atoms with Crippen molar-refractivity contribution in [3.05, 3.63) is 39.9 Å². The van der Waals surface area contributed by atoms with Gasteiger partial charge >= 0.3 is 5.97 Å². The molecule has 0 spiro atoms. The van der Waals surface area contributed by atoms with Crippen LogP contribution in [-0.4, -0.2) is 33.1 Å². The minimum atomic E-state index is -1.11. The van der Waals surface area contributed by atoms with Crippen LogP contribution < -0.4 is 4.90 Å². The van der Waals surface area contributed by atoms with Gasteiger partial charge in [-0.15, -0.1) is 5.10 Å². The van der Waals surface area contributed by atoms with E-state index >= 15 is 0 Å². The van der Waals surface area contributed by atoms with Gasteiger partial charge in [-0.05, 0) is 36.2 Å². The highest BCUT2D eigenvalue weighted by atomic mass is 35.5. The number of carboxylic acid groups (broad SMARTS) is 1. The fourth-order valence-electron chi connectivity index (χ4n) is 1.78. The van der Waals surface area contributed by atoms with Crippen molar-refractivity contribution < 1.29 is 14.7 Å². The zero-order valence-electron chi connectivity index (χ0n) is 11.1. The summed E-state index contributed by atoms with van der Waals surface area (Å²) in [7, 11) is 0. The highest BCUT2D eigenvalue weighted by Crippen LogP contribution is 2.23. The second kappa shape index (κ2) is 6.64. The second-order valence-corrected chi connectivity index (χ2v) is 5.36. The number of aromatic nitrogens is 2. The first-order chi connectivity index (χ1) is 10.0. The Morgan fingerprint density at radius 1 is 1.43 bits per heavy atom. The number of halogens is 1. The average molecular weight is 326 g/mol. The molecular formula is C13H12ClN3O3S. The van der Waals surface area contributed by atoms with Crippen molar-refractivity contribution in [1.29, 1.82) is 0 Å². The molecule has 0 atom stereocenters. The Balaban J connectivity index is 2.41. The standard InChI is InChI=1S/C13H12ClN3O3S/c1-2-10-12(21-16-15-10)13(20)17(7-11(18)19)9-5-3-4-8(14)6-9/h3-6H,2,7H2,1H3,(H,18,19). The monoisotopic (exact) mass is 325 g/mol. The quantitative estimate of drug-likeness (QED) is 0.913. The molecule has 0 fully saturated rings. The van der Waals surface area contributed by atoms with Crippen LogP contribution in [-0.2, 0) is 11.2 Å². The molecule has 2 aromatic rings. The number of anilines is 1. The van der Waals surface area contributed by atoms with E-state index in [0.29, 0.717) is 27.7 Å². The molecule has 0 aliphatic heterocycles. The lowest BCUT2D eigenvalue weighted by molar-refractivity contribution is -0.135. The Kier molecular flexibility index (Phi) is 4.87. The Hall–Kier alpha value is -1.99. The molecule has 1 aromatic heterocycles. The van der Waals surface area contributed by atoms with E-state index in [2.05, 4.69) is 9.59 Å². The first-order valence-corrected chi connectivity index (χ1v) is 7.28. The molecule has 0 aliphatic carbocycles. The van der Waals surface area contributed by atoms with E-state index in [0.717, 1.165) is 16.4 Å². The van der Waals surface area contributed by atoms with E-state index in [1.807, 2.05) is 6.92 Å². The summed E-state index contributed by atoms with van der Waals surface area (Å²) in [5, 5.41) is 13.3. The molecule has 0 radical (unpaired) electrons. The summed E-state index contributed by atoms with van der Waals surface area (Å²) in [6, 6.07) is 6.49. The summed E-state index contributed by atoms with van der Waals surface area (Å²) < 4.78 is 3.76. The van der Waals surface area contributed by atoms with Crippen molar-refractivity contribution in [2.75, 3.05) is 11.4 Å². The Morgan fingerprint density at radius 2 is 2.19 bits per heavy atom. The number of carbonyl (C=O) groups excluding carboxylic acids is 1. The van der Waals surface area contributed by atoms with Crippen LogP contribution in [0.4, 0.5) is 5.69 Å². The van der Waals surface area contributed by atoms with E-state index in [4.69, 9.17) is 16.7 Å². The molecule has 0 saturated carbocycles. The lowest BCUT2D eigenvalue weighted by Gasteiger charge is -2.20. The Labute approximate surface area is 130 Å². The molecule has 1 N–H and O–H groups in total. The van der Waals surface area contributed by atoms with Gasteiger partial charge in [-0.3, -0.25) is 14.5 Å². The lowest BCUT2D eigenvalue weighted by atomic mass is 10.2. The third-order valence-corrected chi connectivity index (χ3v) is 3.73. The highest BCUT2D eigenvalue weighted by Gasteiger charge is 2.25. The maximum Gasteiger partial charge on any atom is 0.323 e. The van der Waals surface area contributed by atoms with Gasteiger partial charge in [0.25, 0.3) is 5.91 Å². The number of hydrogen-bond acceptors (Lipinski definition) is 5. The van der Waals surface area contributed by atoms with Crippen molar-refractivity contribution in [1.82, 2.24) is 9.59 Å². The maximum absolute atomic E-state index is 12.6. The number of rotatable bonds is 5. The van der Waals surface area contributed by atoms with E-state index in [1.165, 1.54) is 0 Å². The Bertz CT molecular complexity index is 674. The van der Waals surface area contributed by atoms with Gasteiger partial charge in [0, 0.05) is 10.7 Å².